The number of carbonyl (C=O) groups is 1. The van der Waals surface area contributed by atoms with Gasteiger partial charge in [-0.15, -0.1) is 0 Å². The van der Waals surface area contributed by atoms with Crippen LogP contribution >= 0.6 is 0 Å². The lowest BCUT2D eigenvalue weighted by molar-refractivity contribution is -0.131. The van der Waals surface area contributed by atoms with Crippen molar-refractivity contribution in [1.82, 2.24) is 0 Å². The number of phenolic OH excluding ortho intramolecular Hbond substituents is 1. The van der Waals surface area contributed by atoms with Crippen molar-refractivity contribution >= 4 is 11.6 Å². The van der Waals surface area contributed by atoms with E-state index in [0.29, 0.717) is 42.0 Å². The normalized spacial score (nSPS) is 18.7. The van der Waals surface area contributed by atoms with E-state index < -0.39 is 18.1 Å². The molecule has 1 heterocycles. The van der Waals surface area contributed by atoms with Gasteiger partial charge in [-0.3, -0.25) is 4.79 Å². The minimum atomic E-state index is -0.818. The van der Waals surface area contributed by atoms with Crippen LogP contribution in [-0.4, -0.2) is 23.2 Å². The first-order valence-electron chi connectivity index (χ1n) is 10.9. The summed E-state index contributed by atoms with van der Waals surface area (Å²) in [7, 11) is 1.52. The number of nitrogens with two attached hydrogens (primary N) is 1. The Hall–Kier alpha value is -3.42. The zero-order valence-corrected chi connectivity index (χ0v) is 18.3. The monoisotopic (exact) mass is 450 g/mol. The smallest absolute Gasteiger partial charge is 0.233 e. The van der Waals surface area contributed by atoms with E-state index in [9.17, 15) is 19.4 Å². The number of aliphatic hydroxyl groups is 1. The van der Waals surface area contributed by atoms with Crippen LogP contribution in [-0.2, 0) is 11.3 Å². The highest BCUT2D eigenvalue weighted by atomic mass is 19.1. The van der Waals surface area contributed by atoms with Gasteiger partial charge in [0.15, 0.2) is 0 Å². The number of halogens is 1. The lowest BCUT2D eigenvalue weighted by Crippen LogP contribution is -2.55. The number of methoxy groups -OCH3 is 1. The SMILES string of the molecule is COc1ccc([C@@H]2C(CC[C@H](O)c3ccc(F)cc3)C(=O)N2c2ccc(CN)cc2)c(O)c1. The Kier molecular flexibility index (Phi) is 6.62. The number of anilines is 1. The third-order valence-corrected chi connectivity index (χ3v) is 6.23. The molecule has 0 spiro atoms. The second kappa shape index (κ2) is 9.60. The van der Waals surface area contributed by atoms with Crippen LogP contribution in [0.15, 0.2) is 66.7 Å². The van der Waals surface area contributed by atoms with Crippen molar-refractivity contribution in [2.24, 2.45) is 11.7 Å². The number of rotatable bonds is 8. The topological polar surface area (TPSA) is 96.0 Å². The van der Waals surface area contributed by atoms with Crippen molar-refractivity contribution in [3.05, 3.63) is 89.2 Å². The molecule has 1 fully saturated rings. The highest BCUT2D eigenvalue weighted by molar-refractivity contribution is 6.03. The summed E-state index contributed by atoms with van der Waals surface area (Å²) in [6, 6.07) is 17.8. The molecule has 0 aromatic heterocycles. The summed E-state index contributed by atoms with van der Waals surface area (Å²) in [5, 5.41) is 21.2. The maximum atomic E-state index is 13.2. The van der Waals surface area contributed by atoms with Crippen molar-refractivity contribution in [2.45, 2.75) is 31.5 Å². The first-order valence-corrected chi connectivity index (χ1v) is 10.9. The van der Waals surface area contributed by atoms with E-state index in [-0.39, 0.29) is 17.5 Å². The van der Waals surface area contributed by atoms with E-state index >= 15 is 0 Å². The van der Waals surface area contributed by atoms with Crippen LogP contribution in [0, 0.1) is 11.7 Å². The first kappa shape index (κ1) is 22.8. The van der Waals surface area contributed by atoms with Crippen molar-refractivity contribution in [3.63, 3.8) is 0 Å². The summed E-state index contributed by atoms with van der Waals surface area (Å²) in [6.45, 7) is 0.404. The molecular formula is C26H27FN2O4. The van der Waals surface area contributed by atoms with Crippen LogP contribution in [0.25, 0.3) is 0 Å². The maximum absolute atomic E-state index is 13.2. The van der Waals surface area contributed by atoms with Crippen molar-refractivity contribution in [3.8, 4) is 11.5 Å². The fourth-order valence-corrected chi connectivity index (χ4v) is 4.36. The molecule has 6 nitrogen and oxygen atoms in total. The van der Waals surface area contributed by atoms with Gasteiger partial charge < -0.3 is 25.6 Å². The molecule has 4 N–H and O–H groups in total. The van der Waals surface area contributed by atoms with Gasteiger partial charge in [0.1, 0.15) is 17.3 Å². The van der Waals surface area contributed by atoms with Crippen LogP contribution in [0.2, 0.25) is 0 Å². The minimum Gasteiger partial charge on any atom is -0.507 e. The number of β-lactam (4-membered cyclic amide) rings is 1. The number of aromatic hydroxyl groups is 1. The summed E-state index contributed by atoms with van der Waals surface area (Å²) >= 11 is 0. The third-order valence-electron chi connectivity index (χ3n) is 6.23. The minimum absolute atomic E-state index is 0.0412. The first-order chi connectivity index (χ1) is 15.9. The van der Waals surface area contributed by atoms with Gasteiger partial charge in [0.2, 0.25) is 5.91 Å². The highest BCUT2D eigenvalue weighted by Crippen LogP contribution is 2.49. The van der Waals surface area contributed by atoms with Gasteiger partial charge in [-0.2, -0.15) is 0 Å². The molecule has 1 unspecified atom stereocenters. The van der Waals surface area contributed by atoms with Gasteiger partial charge in [-0.1, -0.05) is 24.3 Å². The number of carbonyl (C=O) groups excluding carboxylic acids is 1. The predicted molar refractivity (Wildman–Crippen MR) is 123 cm³/mol. The van der Waals surface area contributed by atoms with E-state index in [0.717, 1.165) is 5.56 Å². The highest BCUT2D eigenvalue weighted by Gasteiger charge is 2.49. The second-order valence-electron chi connectivity index (χ2n) is 8.20. The van der Waals surface area contributed by atoms with E-state index in [1.54, 1.807) is 29.2 Å². The largest absolute Gasteiger partial charge is 0.507 e. The van der Waals surface area contributed by atoms with Gasteiger partial charge >= 0.3 is 0 Å². The molecule has 33 heavy (non-hydrogen) atoms. The molecule has 1 saturated heterocycles. The molecule has 0 bridgehead atoms. The number of nitrogens with zero attached hydrogens (tertiary/aromatic N) is 1. The van der Waals surface area contributed by atoms with E-state index in [1.165, 1.54) is 25.3 Å². The number of hydrogen-bond acceptors (Lipinski definition) is 5. The van der Waals surface area contributed by atoms with Gasteiger partial charge in [0.05, 0.1) is 25.2 Å². The van der Waals surface area contributed by atoms with Gasteiger partial charge in [0.25, 0.3) is 0 Å². The number of hydrogen-bond donors (Lipinski definition) is 3. The number of amides is 1. The molecule has 1 amide bonds. The maximum Gasteiger partial charge on any atom is 0.233 e. The standard InChI is InChI=1S/C26H27FN2O4/c1-33-20-10-11-21(24(31)14-20)25-22(12-13-23(30)17-4-6-18(27)7-5-17)26(32)29(25)19-8-2-16(15-28)3-9-19/h2-11,14,22-23,25,30-31H,12-13,15,28H2,1H3/t22?,23-,25+/m0/s1. The predicted octanol–water partition coefficient (Wildman–Crippen LogP) is 4.22. The molecule has 0 radical (unpaired) electrons. The van der Waals surface area contributed by atoms with Crippen LogP contribution < -0.4 is 15.4 Å². The van der Waals surface area contributed by atoms with Crippen molar-refractivity contribution in [1.29, 1.82) is 0 Å². The molecule has 1 aliphatic heterocycles. The third kappa shape index (κ3) is 4.55. The summed E-state index contributed by atoms with van der Waals surface area (Å²) in [5.74, 6) is -0.314. The molecule has 3 atom stereocenters. The molecule has 0 saturated carbocycles. The van der Waals surface area contributed by atoms with Gasteiger partial charge in [-0.05, 0) is 60.4 Å². The zero-order valence-electron chi connectivity index (χ0n) is 18.3. The lowest BCUT2D eigenvalue weighted by Gasteiger charge is -2.48. The Labute approximate surface area is 192 Å². The molecule has 4 rings (SSSR count). The van der Waals surface area contributed by atoms with Crippen LogP contribution in [0.1, 0.15) is 41.7 Å². The second-order valence-corrected chi connectivity index (χ2v) is 8.20. The Balaban J connectivity index is 1.59. The van der Waals surface area contributed by atoms with Crippen LogP contribution in [0.3, 0.4) is 0 Å². The average Bonchev–Trinajstić information content (AvgIpc) is 2.83. The lowest BCUT2D eigenvalue weighted by atomic mass is 9.78. The Morgan fingerprint density at radius 1 is 1.09 bits per heavy atom. The molecule has 7 heteroatoms. The Morgan fingerprint density at radius 2 is 1.79 bits per heavy atom. The molecule has 0 aliphatic carbocycles. The quantitative estimate of drug-likeness (QED) is 0.447. The fourth-order valence-electron chi connectivity index (χ4n) is 4.36. The number of phenols is 1. The molecular weight excluding hydrogens is 423 g/mol. The molecule has 172 valence electrons. The summed E-state index contributed by atoms with van der Waals surface area (Å²) < 4.78 is 18.4. The van der Waals surface area contributed by atoms with E-state index in [1.807, 2.05) is 24.3 Å². The number of benzene rings is 3. The molecule has 3 aromatic rings. The van der Waals surface area contributed by atoms with Crippen molar-refractivity contribution < 1.29 is 24.1 Å². The summed E-state index contributed by atoms with van der Waals surface area (Å²) in [5.41, 5.74) is 8.57. The van der Waals surface area contributed by atoms with Gasteiger partial charge in [-0.25, -0.2) is 4.39 Å². The summed E-state index contributed by atoms with van der Waals surface area (Å²) in [4.78, 5) is 14.9. The number of ether oxygens (including phenoxy) is 1. The fraction of sp³-hybridized carbons (Fsp3) is 0.269. The zero-order chi connectivity index (χ0) is 23.5. The van der Waals surface area contributed by atoms with Crippen molar-refractivity contribution in [2.75, 3.05) is 12.0 Å². The summed E-state index contributed by atoms with van der Waals surface area (Å²) in [6.07, 6.45) is -0.0817. The molecule has 1 aliphatic rings. The Bertz CT molecular complexity index is 1120. The Morgan fingerprint density at radius 3 is 2.39 bits per heavy atom. The average molecular weight is 451 g/mol. The van der Waals surface area contributed by atoms with E-state index in [4.69, 9.17) is 10.5 Å². The van der Waals surface area contributed by atoms with Crippen LogP contribution in [0.4, 0.5) is 10.1 Å². The molecule has 3 aromatic carbocycles. The van der Waals surface area contributed by atoms with Gasteiger partial charge in [0, 0.05) is 23.9 Å². The van der Waals surface area contributed by atoms with Crippen LogP contribution in [0.5, 0.6) is 11.5 Å². The van der Waals surface area contributed by atoms with E-state index in [2.05, 4.69) is 0 Å². The number of aliphatic hydroxyl groups excluding tert-OH is 1.